The second-order valence-electron chi connectivity index (χ2n) is 3.65. The van der Waals surface area contributed by atoms with Crippen LogP contribution in [0.4, 0.5) is 0 Å². The van der Waals surface area contributed by atoms with Gasteiger partial charge in [-0.1, -0.05) is 43.4 Å². The first-order valence-electron chi connectivity index (χ1n) is 5.27. The quantitative estimate of drug-likeness (QED) is 0.395. The van der Waals surface area contributed by atoms with Gasteiger partial charge in [0, 0.05) is 15.7 Å². The normalized spacial score (nSPS) is 15.1. The number of rotatable bonds is 6. The van der Waals surface area contributed by atoms with Gasteiger partial charge in [-0.3, -0.25) is 4.99 Å². The lowest BCUT2D eigenvalue weighted by Gasteiger charge is -2.09. The van der Waals surface area contributed by atoms with E-state index in [2.05, 4.69) is 50.3 Å². The van der Waals surface area contributed by atoms with Crippen molar-refractivity contribution in [2.75, 3.05) is 0 Å². The van der Waals surface area contributed by atoms with Crippen molar-refractivity contribution in [3.63, 3.8) is 0 Å². The van der Waals surface area contributed by atoms with E-state index in [0.717, 1.165) is 3.92 Å². The van der Waals surface area contributed by atoms with Crippen LogP contribution in [-0.4, -0.2) is 15.7 Å². The van der Waals surface area contributed by atoms with Crippen molar-refractivity contribution in [2.45, 2.75) is 63.3 Å². The Kier molecular flexibility index (Phi) is 8.01. The van der Waals surface area contributed by atoms with Gasteiger partial charge in [0.2, 0.25) is 0 Å². The van der Waals surface area contributed by atoms with E-state index in [0.29, 0.717) is 6.04 Å². The Labute approximate surface area is 96.5 Å². The summed E-state index contributed by atoms with van der Waals surface area (Å²) in [6, 6.07) is 0.560. The van der Waals surface area contributed by atoms with E-state index in [-0.39, 0.29) is 0 Å². The van der Waals surface area contributed by atoms with Crippen LogP contribution in [0.25, 0.3) is 0 Å². The van der Waals surface area contributed by atoms with E-state index in [1.165, 1.54) is 31.4 Å². The summed E-state index contributed by atoms with van der Waals surface area (Å²) in [4.78, 5) is 4.70. The van der Waals surface area contributed by atoms with Gasteiger partial charge in [-0.15, -0.1) is 0 Å². The average molecular weight is 295 g/mol. The maximum atomic E-state index is 4.70. The predicted octanol–water partition coefficient (Wildman–Crippen LogP) is 4.24. The Morgan fingerprint density at radius 1 is 1.31 bits per heavy atom. The van der Waals surface area contributed by atoms with Crippen LogP contribution in [0.2, 0.25) is 0 Å². The van der Waals surface area contributed by atoms with Crippen LogP contribution in [0.5, 0.6) is 0 Å². The molecule has 1 atom stereocenters. The van der Waals surface area contributed by atoms with Gasteiger partial charge in [-0.2, -0.15) is 0 Å². The van der Waals surface area contributed by atoms with Crippen molar-refractivity contribution in [2.24, 2.45) is 4.99 Å². The number of alkyl halides is 1. The molecule has 13 heavy (non-hydrogen) atoms. The Morgan fingerprint density at radius 3 is 2.23 bits per heavy atom. The SMILES string of the molecule is CCC(CC)N=C(C)CCC(C)I. The Bertz CT molecular complexity index is 148. The Balaban J connectivity index is 3.85. The minimum atomic E-state index is 0.560. The molecule has 0 N–H and O–H groups in total. The van der Waals surface area contributed by atoms with Gasteiger partial charge in [0.15, 0.2) is 0 Å². The molecule has 0 fully saturated rings. The van der Waals surface area contributed by atoms with E-state index in [9.17, 15) is 0 Å². The van der Waals surface area contributed by atoms with Gasteiger partial charge in [0.1, 0.15) is 0 Å². The molecule has 0 saturated carbocycles. The number of halogens is 1. The molecule has 0 aliphatic heterocycles. The summed E-state index contributed by atoms with van der Waals surface area (Å²) in [5.74, 6) is 0. The summed E-state index contributed by atoms with van der Waals surface area (Å²) in [7, 11) is 0. The second-order valence-corrected chi connectivity index (χ2v) is 5.78. The van der Waals surface area contributed by atoms with Crippen LogP contribution in [0, 0.1) is 0 Å². The fourth-order valence-corrected chi connectivity index (χ4v) is 1.57. The summed E-state index contributed by atoms with van der Waals surface area (Å²) in [6.07, 6.45) is 4.78. The lowest BCUT2D eigenvalue weighted by molar-refractivity contribution is 0.628. The Morgan fingerprint density at radius 2 is 1.85 bits per heavy atom. The molecule has 1 unspecified atom stereocenters. The topological polar surface area (TPSA) is 12.4 Å². The lowest BCUT2D eigenvalue weighted by atomic mass is 10.1. The smallest absolute Gasteiger partial charge is 0.0493 e. The monoisotopic (exact) mass is 295 g/mol. The van der Waals surface area contributed by atoms with Crippen molar-refractivity contribution < 1.29 is 0 Å². The first kappa shape index (κ1) is 13.4. The van der Waals surface area contributed by atoms with Crippen LogP contribution < -0.4 is 0 Å². The molecular formula is C11H22IN. The zero-order chi connectivity index (χ0) is 10.3. The average Bonchev–Trinajstić information content (AvgIpc) is 2.10. The molecule has 2 heteroatoms. The van der Waals surface area contributed by atoms with Gasteiger partial charge in [0.05, 0.1) is 0 Å². The van der Waals surface area contributed by atoms with Gasteiger partial charge in [0.25, 0.3) is 0 Å². The summed E-state index contributed by atoms with van der Waals surface area (Å²) in [6.45, 7) is 8.85. The third kappa shape index (κ3) is 7.47. The van der Waals surface area contributed by atoms with Gasteiger partial charge in [-0.05, 0) is 32.6 Å². The van der Waals surface area contributed by atoms with E-state index < -0.39 is 0 Å². The molecule has 0 aliphatic rings. The highest BCUT2D eigenvalue weighted by atomic mass is 127. The summed E-state index contributed by atoms with van der Waals surface area (Å²) in [5, 5.41) is 0. The molecule has 0 saturated heterocycles. The zero-order valence-electron chi connectivity index (χ0n) is 9.31. The van der Waals surface area contributed by atoms with E-state index >= 15 is 0 Å². The minimum Gasteiger partial charge on any atom is -0.291 e. The highest BCUT2D eigenvalue weighted by molar-refractivity contribution is 14.1. The fourth-order valence-electron chi connectivity index (χ4n) is 1.26. The van der Waals surface area contributed by atoms with Crippen molar-refractivity contribution in [1.82, 2.24) is 0 Å². The van der Waals surface area contributed by atoms with E-state index in [4.69, 9.17) is 4.99 Å². The van der Waals surface area contributed by atoms with Gasteiger partial charge >= 0.3 is 0 Å². The number of hydrogen-bond donors (Lipinski definition) is 0. The number of hydrogen-bond acceptors (Lipinski definition) is 1. The molecule has 78 valence electrons. The third-order valence-corrected chi connectivity index (χ3v) is 2.87. The molecule has 0 amide bonds. The molecule has 0 aromatic carbocycles. The zero-order valence-corrected chi connectivity index (χ0v) is 11.5. The first-order valence-corrected chi connectivity index (χ1v) is 6.52. The molecule has 0 heterocycles. The minimum absolute atomic E-state index is 0.560. The molecule has 1 nitrogen and oxygen atoms in total. The molecule has 0 aromatic heterocycles. The molecule has 0 rings (SSSR count). The van der Waals surface area contributed by atoms with Crippen molar-refractivity contribution >= 4 is 28.3 Å². The van der Waals surface area contributed by atoms with E-state index in [1.54, 1.807) is 0 Å². The first-order chi connectivity index (χ1) is 6.10. The van der Waals surface area contributed by atoms with Crippen molar-refractivity contribution in [3.05, 3.63) is 0 Å². The molecule has 0 aromatic rings. The second kappa shape index (κ2) is 7.77. The Hall–Kier alpha value is 0.400. The van der Waals surface area contributed by atoms with Gasteiger partial charge in [-0.25, -0.2) is 0 Å². The number of aliphatic imine (C=N–C) groups is 1. The molecular weight excluding hydrogens is 273 g/mol. The standard InChI is InChI=1S/C11H22IN/c1-5-11(6-2)13-10(4)8-7-9(3)12/h9,11H,5-8H2,1-4H3. The van der Waals surface area contributed by atoms with Gasteiger partial charge < -0.3 is 0 Å². The van der Waals surface area contributed by atoms with Crippen LogP contribution in [-0.2, 0) is 0 Å². The van der Waals surface area contributed by atoms with Crippen LogP contribution >= 0.6 is 22.6 Å². The fraction of sp³-hybridized carbons (Fsp3) is 0.909. The molecule has 0 bridgehead atoms. The summed E-state index contributed by atoms with van der Waals surface area (Å²) < 4.78 is 0.768. The van der Waals surface area contributed by atoms with Crippen LogP contribution in [0.15, 0.2) is 4.99 Å². The van der Waals surface area contributed by atoms with Crippen LogP contribution in [0.1, 0.15) is 53.4 Å². The summed E-state index contributed by atoms with van der Waals surface area (Å²) in [5.41, 5.74) is 1.33. The van der Waals surface area contributed by atoms with Crippen LogP contribution in [0.3, 0.4) is 0 Å². The van der Waals surface area contributed by atoms with Crippen molar-refractivity contribution in [3.8, 4) is 0 Å². The molecule has 0 spiro atoms. The molecule has 0 aliphatic carbocycles. The van der Waals surface area contributed by atoms with E-state index in [1.807, 2.05) is 0 Å². The lowest BCUT2D eigenvalue weighted by Crippen LogP contribution is -2.05. The third-order valence-electron chi connectivity index (χ3n) is 2.25. The predicted molar refractivity (Wildman–Crippen MR) is 70.2 cm³/mol. The maximum absolute atomic E-state index is 4.70. The highest BCUT2D eigenvalue weighted by Crippen LogP contribution is 2.10. The highest BCUT2D eigenvalue weighted by Gasteiger charge is 2.02. The van der Waals surface area contributed by atoms with Crippen molar-refractivity contribution in [1.29, 1.82) is 0 Å². The largest absolute Gasteiger partial charge is 0.291 e. The molecule has 0 radical (unpaired) electrons. The number of nitrogens with zero attached hydrogens (tertiary/aromatic N) is 1. The summed E-state index contributed by atoms with van der Waals surface area (Å²) >= 11 is 2.47. The maximum Gasteiger partial charge on any atom is 0.0493 e.